The average molecular weight is 395 g/mol. The molecule has 2 atom stereocenters. The van der Waals surface area contributed by atoms with E-state index in [1.165, 1.54) is 0 Å². The first-order chi connectivity index (χ1) is 13.7. The van der Waals surface area contributed by atoms with Crippen molar-refractivity contribution in [3.05, 3.63) is 54.7 Å². The molecule has 0 saturated heterocycles. The lowest BCUT2D eigenvalue weighted by molar-refractivity contribution is 0.269. The molecule has 10 nitrogen and oxygen atoms in total. The Bertz CT molecular complexity index is 1120. The molecule has 3 N–H and O–H groups in total. The summed E-state index contributed by atoms with van der Waals surface area (Å²) in [4.78, 5) is 8.80. The maximum Gasteiger partial charge on any atom is 0.216 e. The number of hydrogen-bond acceptors (Lipinski definition) is 8. The fraction of sp³-hybridized carbons (Fsp3) is 0.176. The van der Waals surface area contributed by atoms with E-state index >= 15 is 0 Å². The van der Waals surface area contributed by atoms with Gasteiger partial charge in [-0.25, -0.2) is 20.0 Å². The van der Waals surface area contributed by atoms with E-state index in [0.29, 0.717) is 18.1 Å². The standard InChI is InChI=1S/C17H18N9OP/c18-24-15-16(22-14(9-19-15)12-8-21-25(10-12)5-6-27)23-17(28)11-2-4-26-13(7-11)1-3-20-26/h1-4,7-10,17-18,27H,5-6,28H2,(H,22,23)/t17-/m1/s1. The van der Waals surface area contributed by atoms with Gasteiger partial charge < -0.3 is 10.4 Å². The Hall–Kier alpha value is -3.23. The van der Waals surface area contributed by atoms with Gasteiger partial charge in [0.2, 0.25) is 5.82 Å². The second-order valence-electron chi connectivity index (χ2n) is 6.04. The summed E-state index contributed by atoms with van der Waals surface area (Å²) < 4.78 is 3.42. The van der Waals surface area contributed by atoms with Crippen LogP contribution < -0.4 is 5.32 Å². The molecule has 0 fully saturated rings. The van der Waals surface area contributed by atoms with E-state index < -0.39 is 0 Å². The Balaban J connectivity index is 1.62. The Morgan fingerprint density at radius 2 is 2.18 bits per heavy atom. The number of rotatable bonds is 7. The maximum atomic E-state index is 9.03. The summed E-state index contributed by atoms with van der Waals surface area (Å²) in [5.41, 5.74) is 10.7. The number of hydrogen-bond donors (Lipinski definition) is 3. The van der Waals surface area contributed by atoms with Gasteiger partial charge in [-0.3, -0.25) is 4.68 Å². The van der Waals surface area contributed by atoms with Gasteiger partial charge in [0.1, 0.15) is 0 Å². The average Bonchev–Trinajstić information content (AvgIpc) is 3.37. The number of fused-ring (bicyclic) bond motifs is 1. The number of nitrogens with zero attached hydrogens (tertiary/aromatic N) is 7. The van der Waals surface area contributed by atoms with E-state index in [1.807, 2.05) is 24.4 Å². The zero-order chi connectivity index (χ0) is 19.5. The molecule has 4 rings (SSSR count). The van der Waals surface area contributed by atoms with Crippen molar-refractivity contribution >= 4 is 26.4 Å². The summed E-state index contributed by atoms with van der Waals surface area (Å²) in [6.07, 6.45) is 8.62. The lowest BCUT2D eigenvalue weighted by Crippen LogP contribution is -2.07. The van der Waals surface area contributed by atoms with Crippen LogP contribution in [0.5, 0.6) is 0 Å². The summed E-state index contributed by atoms with van der Waals surface area (Å²) in [6, 6.07) is 5.90. The van der Waals surface area contributed by atoms with Gasteiger partial charge >= 0.3 is 0 Å². The summed E-state index contributed by atoms with van der Waals surface area (Å²) >= 11 is 0. The molecule has 142 valence electrons. The predicted octanol–water partition coefficient (Wildman–Crippen LogP) is 2.63. The van der Waals surface area contributed by atoms with Crippen LogP contribution in [0.25, 0.3) is 16.8 Å². The Kier molecular flexibility index (Phi) is 5.05. The van der Waals surface area contributed by atoms with Crippen molar-refractivity contribution in [2.24, 2.45) is 5.11 Å². The Morgan fingerprint density at radius 3 is 3.00 bits per heavy atom. The van der Waals surface area contributed by atoms with Crippen LogP contribution in [0.15, 0.2) is 54.3 Å². The Labute approximate surface area is 162 Å². The first kappa shape index (κ1) is 18.1. The lowest BCUT2D eigenvalue weighted by Gasteiger charge is -2.16. The van der Waals surface area contributed by atoms with Crippen molar-refractivity contribution in [3.63, 3.8) is 0 Å². The monoisotopic (exact) mass is 395 g/mol. The van der Waals surface area contributed by atoms with Crippen LogP contribution in [0.2, 0.25) is 0 Å². The molecular formula is C17H18N9OP. The molecular weight excluding hydrogens is 377 g/mol. The smallest absolute Gasteiger partial charge is 0.216 e. The highest BCUT2D eigenvalue weighted by Gasteiger charge is 2.14. The van der Waals surface area contributed by atoms with E-state index in [2.05, 4.69) is 39.8 Å². The molecule has 4 aromatic rings. The molecule has 0 spiro atoms. The molecule has 0 aromatic carbocycles. The van der Waals surface area contributed by atoms with Gasteiger partial charge in [-0.05, 0) is 23.8 Å². The van der Waals surface area contributed by atoms with Gasteiger partial charge in [0.15, 0.2) is 5.82 Å². The van der Waals surface area contributed by atoms with Crippen LogP contribution in [-0.4, -0.2) is 41.1 Å². The second kappa shape index (κ2) is 7.79. The van der Waals surface area contributed by atoms with Crippen molar-refractivity contribution in [2.45, 2.75) is 12.3 Å². The molecule has 0 aliphatic heterocycles. The SMILES string of the molecule is N=Nc1ncc(-c2cnn(CCO)c2)nc1N[C@H](P)c1ccn2nccc2c1. The number of nitrogens with one attached hydrogen (secondary N) is 2. The minimum Gasteiger partial charge on any atom is -0.394 e. The quantitative estimate of drug-likeness (QED) is 0.326. The van der Waals surface area contributed by atoms with Crippen LogP contribution in [0.4, 0.5) is 11.6 Å². The summed E-state index contributed by atoms with van der Waals surface area (Å²) in [6.45, 7) is 0.413. The third-order valence-electron chi connectivity index (χ3n) is 4.19. The highest BCUT2D eigenvalue weighted by atomic mass is 31.0. The van der Waals surface area contributed by atoms with E-state index in [-0.39, 0.29) is 18.2 Å². The molecule has 4 aromatic heterocycles. The van der Waals surface area contributed by atoms with Crippen molar-refractivity contribution in [3.8, 4) is 11.3 Å². The highest BCUT2D eigenvalue weighted by molar-refractivity contribution is 7.17. The zero-order valence-electron chi connectivity index (χ0n) is 14.8. The molecule has 0 aliphatic carbocycles. The van der Waals surface area contributed by atoms with Crippen LogP contribution in [0.3, 0.4) is 0 Å². The fourth-order valence-electron chi connectivity index (χ4n) is 2.78. The molecule has 4 heterocycles. The molecule has 0 aliphatic rings. The molecule has 11 heteroatoms. The number of aromatic nitrogens is 6. The van der Waals surface area contributed by atoms with Gasteiger partial charge in [-0.2, -0.15) is 10.2 Å². The number of pyridine rings is 1. The van der Waals surface area contributed by atoms with E-state index in [9.17, 15) is 0 Å². The maximum absolute atomic E-state index is 9.03. The largest absolute Gasteiger partial charge is 0.394 e. The lowest BCUT2D eigenvalue weighted by atomic mass is 10.2. The van der Waals surface area contributed by atoms with Crippen molar-refractivity contribution < 1.29 is 5.11 Å². The Morgan fingerprint density at radius 1 is 1.29 bits per heavy atom. The van der Waals surface area contributed by atoms with Crippen LogP contribution in [0.1, 0.15) is 11.3 Å². The topological polar surface area (TPSA) is 129 Å². The molecule has 0 radical (unpaired) electrons. The zero-order valence-corrected chi connectivity index (χ0v) is 15.9. The number of aliphatic hydroxyl groups excluding tert-OH is 1. The number of aliphatic hydroxyl groups is 1. The van der Waals surface area contributed by atoms with Crippen molar-refractivity contribution in [1.82, 2.24) is 29.4 Å². The van der Waals surface area contributed by atoms with Gasteiger partial charge in [0, 0.05) is 24.2 Å². The first-order valence-electron chi connectivity index (χ1n) is 8.51. The van der Waals surface area contributed by atoms with Crippen LogP contribution in [-0.2, 0) is 6.54 Å². The predicted molar refractivity (Wildman–Crippen MR) is 106 cm³/mol. The third kappa shape index (κ3) is 3.60. The minimum atomic E-state index is -0.165. The minimum absolute atomic E-state index is 0.00648. The van der Waals surface area contributed by atoms with Crippen LogP contribution >= 0.6 is 9.24 Å². The molecule has 0 amide bonds. The number of anilines is 1. The van der Waals surface area contributed by atoms with Gasteiger partial charge in [-0.1, -0.05) is 0 Å². The molecule has 28 heavy (non-hydrogen) atoms. The highest BCUT2D eigenvalue weighted by Crippen LogP contribution is 2.31. The normalized spacial score (nSPS) is 12.2. The fourth-order valence-corrected chi connectivity index (χ4v) is 3.15. The first-order valence-corrected chi connectivity index (χ1v) is 9.18. The van der Waals surface area contributed by atoms with E-state index in [4.69, 9.17) is 10.6 Å². The molecule has 0 bridgehead atoms. The van der Waals surface area contributed by atoms with Crippen molar-refractivity contribution in [2.75, 3.05) is 11.9 Å². The third-order valence-corrected chi connectivity index (χ3v) is 4.74. The molecule has 1 unspecified atom stereocenters. The van der Waals surface area contributed by atoms with E-state index in [0.717, 1.165) is 16.6 Å². The van der Waals surface area contributed by atoms with E-state index in [1.54, 1.807) is 34.0 Å². The van der Waals surface area contributed by atoms with Crippen molar-refractivity contribution in [1.29, 1.82) is 5.53 Å². The summed E-state index contributed by atoms with van der Waals surface area (Å²) in [5, 5.41) is 24.1. The second-order valence-corrected chi connectivity index (χ2v) is 6.70. The van der Waals surface area contributed by atoms with Gasteiger partial charge in [0.25, 0.3) is 0 Å². The van der Waals surface area contributed by atoms with Gasteiger partial charge in [-0.15, -0.1) is 14.4 Å². The van der Waals surface area contributed by atoms with Gasteiger partial charge in [0.05, 0.1) is 42.5 Å². The molecule has 0 saturated carbocycles. The van der Waals surface area contributed by atoms with Crippen LogP contribution in [0, 0.1) is 5.53 Å². The summed E-state index contributed by atoms with van der Waals surface area (Å²) in [7, 11) is 2.72. The summed E-state index contributed by atoms with van der Waals surface area (Å²) in [5.74, 6) is 0.433.